The van der Waals surface area contributed by atoms with Gasteiger partial charge in [-0.1, -0.05) is 19.3 Å². The molecule has 0 aliphatic carbocycles. The fourth-order valence-corrected chi connectivity index (χ4v) is 3.97. The number of carbonyl (C=O) groups excluding carboxylic acids is 4. The number of benzene rings is 2. The van der Waals surface area contributed by atoms with Gasteiger partial charge in [-0.3, -0.25) is 29.3 Å². The Morgan fingerprint density at radius 2 is 1.62 bits per heavy atom. The van der Waals surface area contributed by atoms with E-state index >= 15 is 0 Å². The molecule has 6 N–H and O–H groups in total. The Labute approximate surface area is 227 Å². The molecule has 208 valence electrons. The highest BCUT2D eigenvalue weighted by molar-refractivity contribution is 5.97. The van der Waals surface area contributed by atoms with Crippen LogP contribution in [0.15, 0.2) is 48.5 Å². The van der Waals surface area contributed by atoms with Gasteiger partial charge in [0, 0.05) is 48.4 Å². The van der Waals surface area contributed by atoms with Gasteiger partial charge in [0.15, 0.2) is 0 Å². The van der Waals surface area contributed by atoms with Gasteiger partial charge < -0.3 is 21.1 Å². The van der Waals surface area contributed by atoms with Crippen molar-refractivity contribution in [2.45, 2.75) is 45.9 Å². The molecule has 3 rings (SSSR count). The van der Waals surface area contributed by atoms with E-state index in [0.29, 0.717) is 17.8 Å². The van der Waals surface area contributed by atoms with Gasteiger partial charge in [-0.15, -0.1) is 0 Å². The van der Waals surface area contributed by atoms with Crippen molar-refractivity contribution in [1.29, 1.82) is 0 Å². The lowest BCUT2D eigenvalue weighted by atomic mass is 10.1. The highest BCUT2D eigenvalue weighted by atomic mass is 16.5. The lowest BCUT2D eigenvalue weighted by Crippen LogP contribution is -2.51. The summed E-state index contributed by atoms with van der Waals surface area (Å²) < 4.78 is 0. The van der Waals surface area contributed by atoms with Crippen LogP contribution in [-0.4, -0.2) is 76.7 Å². The van der Waals surface area contributed by atoms with Crippen LogP contribution < -0.4 is 21.4 Å². The normalized spacial score (nSPS) is 15.9. The SMILES string of the molecule is C.CC(=O)N[C@H]1CCN(CC(=O)Nc2ccc(C#Cc3ccc(C(=O)N[C@H](C(=O)NO)[C@@H](C)O)cc3)cc2)C1. The molecular formula is C28H35N5O6. The van der Waals surface area contributed by atoms with Gasteiger partial charge in [-0.05, 0) is 61.9 Å². The summed E-state index contributed by atoms with van der Waals surface area (Å²) in [4.78, 5) is 49.5. The summed E-state index contributed by atoms with van der Waals surface area (Å²) in [6, 6.07) is 12.2. The molecule has 1 aliphatic heterocycles. The maximum atomic E-state index is 12.4. The molecule has 2 aromatic rings. The Kier molecular flexibility index (Phi) is 11.6. The number of nitrogens with one attached hydrogen (secondary N) is 4. The van der Waals surface area contributed by atoms with Crippen molar-refractivity contribution in [3.8, 4) is 11.8 Å². The summed E-state index contributed by atoms with van der Waals surface area (Å²) in [7, 11) is 0. The fourth-order valence-electron chi connectivity index (χ4n) is 3.97. The van der Waals surface area contributed by atoms with Crippen LogP contribution >= 0.6 is 0 Å². The zero-order valence-electron chi connectivity index (χ0n) is 21.2. The maximum absolute atomic E-state index is 12.4. The van der Waals surface area contributed by atoms with Crippen LogP contribution in [0, 0.1) is 11.8 Å². The average Bonchev–Trinajstić information content (AvgIpc) is 3.31. The van der Waals surface area contributed by atoms with Gasteiger partial charge in [0.2, 0.25) is 11.8 Å². The molecule has 1 fully saturated rings. The van der Waals surface area contributed by atoms with Crippen LogP contribution in [0.2, 0.25) is 0 Å². The quantitative estimate of drug-likeness (QED) is 0.165. The molecule has 0 bridgehead atoms. The number of nitrogens with zero attached hydrogens (tertiary/aromatic N) is 1. The molecule has 0 radical (unpaired) electrons. The number of aliphatic hydroxyl groups is 1. The number of hydrogen-bond acceptors (Lipinski definition) is 7. The average molecular weight is 538 g/mol. The first kappa shape index (κ1) is 31.0. The zero-order valence-corrected chi connectivity index (χ0v) is 21.2. The highest BCUT2D eigenvalue weighted by Gasteiger charge is 2.26. The molecule has 1 aliphatic rings. The summed E-state index contributed by atoms with van der Waals surface area (Å²) in [6.07, 6.45) is -0.381. The Morgan fingerprint density at radius 1 is 1.03 bits per heavy atom. The number of carbonyl (C=O) groups is 4. The predicted molar refractivity (Wildman–Crippen MR) is 146 cm³/mol. The van der Waals surface area contributed by atoms with Crippen LogP contribution in [0.25, 0.3) is 0 Å². The number of hydrogen-bond donors (Lipinski definition) is 6. The first-order chi connectivity index (χ1) is 18.1. The number of rotatable bonds is 8. The van der Waals surface area contributed by atoms with Crippen LogP contribution in [0.1, 0.15) is 49.2 Å². The van der Waals surface area contributed by atoms with Crippen molar-refractivity contribution in [2.75, 3.05) is 25.0 Å². The highest BCUT2D eigenvalue weighted by Crippen LogP contribution is 2.12. The van der Waals surface area contributed by atoms with Crippen LogP contribution in [0.3, 0.4) is 0 Å². The van der Waals surface area contributed by atoms with E-state index in [-0.39, 0.29) is 37.4 Å². The molecular weight excluding hydrogens is 502 g/mol. The molecule has 2 aromatic carbocycles. The number of hydroxylamine groups is 1. The standard InChI is InChI=1S/C27H31N5O6.CH4/c1-17(33)25(27(37)31-38)30-26(36)21-9-5-19(6-10-21)3-4-20-7-11-22(12-8-20)29-24(35)16-32-14-13-23(15-32)28-18(2)34;/h5-12,17,23,25,33,38H,13-16H2,1-2H3,(H,28,34)(H,29,35)(H,30,36)(H,31,37);1H4/t17-,23+,25+;/m1./s1. The third-order valence-electron chi connectivity index (χ3n) is 5.88. The Morgan fingerprint density at radius 3 is 2.15 bits per heavy atom. The zero-order chi connectivity index (χ0) is 27.7. The summed E-state index contributed by atoms with van der Waals surface area (Å²) in [5.41, 5.74) is 3.71. The Bertz CT molecular complexity index is 1220. The molecule has 0 aromatic heterocycles. The van der Waals surface area contributed by atoms with Crippen molar-refractivity contribution in [3.63, 3.8) is 0 Å². The molecule has 11 nitrogen and oxygen atoms in total. The third kappa shape index (κ3) is 9.54. The van der Waals surface area contributed by atoms with Gasteiger partial charge in [0.05, 0.1) is 12.6 Å². The van der Waals surface area contributed by atoms with Crippen LogP contribution in [0.5, 0.6) is 0 Å². The Hall–Kier alpha value is -4.24. The monoisotopic (exact) mass is 537 g/mol. The second-order valence-electron chi connectivity index (χ2n) is 9.04. The molecule has 0 spiro atoms. The molecule has 1 heterocycles. The molecule has 39 heavy (non-hydrogen) atoms. The van der Waals surface area contributed by atoms with Gasteiger partial charge in [0.1, 0.15) is 6.04 Å². The van der Waals surface area contributed by atoms with Gasteiger partial charge in [0.25, 0.3) is 11.8 Å². The molecule has 0 saturated carbocycles. The minimum absolute atomic E-state index is 0. The van der Waals surface area contributed by atoms with E-state index in [9.17, 15) is 24.3 Å². The lowest BCUT2D eigenvalue weighted by molar-refractivity contribution is -0.133. The number of likely N-dealkylation sites (tertiary alicyclic amines) is 1. The minimum atomic E-state index is -1.30. The summed E-state index contributed by atoms with van der Waals surface area (Å²) in [6.45, 7) is 4.46. The van der Waals surface area contributed by atoms with Crippen molar-refractivity contribution >= 4 is 29.3 Å². The van der Waals surface area contributed by atoms with E-state index in [1.54, 1.807) is 36.4 Å². The maximum Gasteiger partial charge on any atom is 0.268 e. The number of anilines is 1. The predicted octanol–water partition coefficient (Wildman–Crippen LogP) is 0.856. The van der Waals surface area contributed by atoms with Crippen molar-refractivity contribution in [3.05, 3.63) is 65.2 Å². The first-order valence-electron chi connectivity index (χ1n) is 12.1. The minimum Gasteiger partial charge on any atom is -0.391 e. The molecule has 3 atom stereocenters. The van der Waals surface area contributed by atoms with E-state index in [1.165, 1.54) is 31.5 Å². The first-order valence-corrected chi connectivity index (χ1v) is 12.1. The van der Waals surface area contributed by atoms with E-state index in [2.05, 4.69) is 27.8 Å². The van der Waals surface area contributed by atoms with Gasteiger partial charge in [-0.25, -0.2) is 5.48 Å². The summed E-state index contributed by atoms with van der Waals surface area (Å²) in [5, 5.41) is 26.5. The molecule has 1 saturated heterocycles. The molecule has 4 amide bonds. The lowest BCUT2D eigenvalue weighted by Gasteiger charge is -2.19. The van der Waals surface area contributed by atoms with Gasteiger partial charge >= 0.3 is 0 Å². The van der Waals surface area contributed by atoms with E-state index in [4.69, 9.17) is 5.21 Å². The summed E-state index contributed by atoms with van der Waals surface area (Å²) in [5.74, 6) is 4.30. The van der Waals surface area contributed by atoms with Crippen LogP contribution in [-0.2, 0) is 14.4 Å². The second kappa shape index (κ2) is 14.6. The van der Waals surface area contributed by atoms with Crippen LogP contribution in [0.4, 0.5) is 5.69 Å². The number of amides is 4. The largest absolute Gasteiger partial charge is 0.391 e. The smallest absolute Gasteiger partial charge is 0.268 e. The Balaban J connectivity index is 0.00000533. The van der Waals surface area contributed by atoms with Crippen molar-refractivity contribution in [2.24, 2.45) is 0 Å². The third-order valence-corrected chi connectivity index (χ3v) is 5.88. The second-order valence-corrected chi connectivity index (χ2v) is 9.04. The van der Waals surface area contributed by atoms with E-state index < -0.39 is 24.0 Å². The van der Waals surface area contributed by atoms with Crippen molar-refractivity contribution in [1.82, 2.24) is 21.0 Å². The topological polar surface area (TPSA) is 160 Å². The van der Waals surface area contributed by atoms with E-state index in [1.807, 2.05) is 4.90 Å². The number of aliphatic hydroxyl groups excluding tert-OH is 1. The van der Waals surface area contributed by atoms with E-state index in [0.717, 1.165) is 18.5 Å². The fraction of sp³-hybridized carbons (Fsp3) is 0.357. The molecule has 0 unspecified atom stereocenters. The molecule has 11 heteroatoms. The van der Waals surface area contributed by atoms with Crippen molar-refractivity contribution < 1.29 is 29.5 Å². The summed E-state index contributed by atoms with van der Waals surface area (Å²) >= 11 is 0. The van der Waals surface area contributed by atoms with Gasteiger partial charge in [-0.2, -0.15) is 0 Å².